The van der Waals surface area contributed by atoms with Gasteiger partial charge in [0, 0.05) is 19.4 Å². The average Bonchev–Trinajstić information content (AvgIpc) is 2.68. The molecular formula is C24H28FNO3. The monoisotopic (exact) mass is 397 g/mol. The number of nitrogens with zero attached hydrogens (tertiary/aromatic N) is 1. The number of benzene rings is 2. The maximum atomic E-state index is 13.3. The Hall–Kier alpha value is -2.66. The predicted molar refractivity (Wildman–Crippen MR) is 111 cm³/mol. The Labute approximate surface area is 171 Å². The number of carbonyl (C=O) groups excluding carboxylic acids is 1. The molecule has 1 N–H and O–H groups in total. The number of carbonyl (C=O) groups is 1. The summed E-state index contributed by atoms with van der Waals surface area (Å²) in [6.07, 6.45) is 2.38. The van der Waals surface area contributed by atoms with Crippen molar-refractivity contribution in [2.45, 2.75) is 50.9 Å². The smallest absolute Gasteiger partial charge is 0.411 e. The lowest BCUT2D eigenvalue weighted by Crippen LogP contribution is -2.48. The average molecular weight is 397 g/mol. The number of hydrogen-bond acceptors (Lipinski definition) is 3. The second-order valence-corrected chi connectivity index (χ2v) is 8.16. The van der Waals surface area contributed by atoms with Crippen LogP contribution in [-0.2, 0) is 15.9 Å². The van der Waals surface area contributed by atoms with Crippen LogP contribution in [0.15, 0.2) is 61.2 Å². The third-order valence-electron chi connectivity index (χ3n) is 5.69. The fraction of sp³-hybridized carbons (Fsp3) is 0.375. The van der Waals surface area contributed by atoms with Crippen molar-refractivity contribution in [1.82, 2.24) is 4.90 Å². The van der Waals surface area contributed by atoms with E-state index in [-0.39, 0.29) is 11.9 Å². The van der Waals surface area contributed by atoms with Crippen molar-refractivity contribution in [3.05, 3.63) is 83.7 Å². The lowest BCUT2D eigenvalue weighted by atomic mass is 9.85. The van der Waals surface area contributed by atoms with Crippen LogP contribution < -0.4 is 0 Å². The zero-order valence-electron chi connectivity index (χ0n) is 17.2. The van der Waals surface area contributed by atoms with Crippen LogP contribution in [0.2, 0.25) is 0 Å². The van der Waals surface area contributed by atoms with Gasteiger partial charge in [0.25, 0.3) is 0 Å². The maximum Gasteiger partial charge on any atom is 0.411 e. The van der Waals surface area contributed by atoms with Gasteiger partial charge in [-0.2, -0.15) is 0 Å². The first kappa shape index (κ1) is 21.1. The third kappa shape index (κ3) is 4.35. The van der Waals surface area contributed by atoms with E-state index >= 15 is 0 Å². The molecule has 5 heteroatoms. The first-order chi connectivity index (χ1) is 13.7. The Kier molecular flexibility index (Phi) is 5.80. The van der Waals surface area contributed by atoms with Gasteiger partial charge in [0.1, 0.15) is 11.4 Å². The Balaban J connectivity index is 1.80. The molecule has 0 spiro atoms. The Morgan fingerprint density at radius 1 is 1.24 bits per heavy atom. The summed E-state index contributed by atoms with van der Waals surface area (Å²) < 4.78 is 19.3. The highest BCUT2D eigenvalue weighted by Gasteiger charge is 2.42. The van der Waals surface area contributed by atoms with E-state index in [2.05, 4.69) is 6.58 Å². The Morgan fingerprint density at radius 3 is 2.38 bits per heavy atom. The highest BCUT2D eigenvalue weighted by atomic mass is 19.1. The first-order valence-electron chi connectivity index (χ1n) is 9.86. The van der Waals surface area contributed by atoms with Gasteiger partial charge in [-0.25, -0.2) is 9.18 Å². The van der Waals surface area contributed by atoms with Gasteiger partial charge in [0.2, 0.25) is 0 Å². The number of hydrogen-bond donors (Lipinski definition) is 1. The van der Waals surface area contributed by atoms with Crippen molar-refractivity contribution in [2.75, 3.05) is 6.54 Å². The van der Waals surface area contributed by atoms with E-state index in [9.17, 15) is 14.3 Å². The van der Waals surface area contributed by atoms with Crippen molar-refractivity contribution < 1.29 is 19.0 Å². The van der Waals surface area contributed by atoms with E-state index in [4.69, 9.17) is 4.74 Å². The van der Waals surface area contributed by atoms with E-state index in [0.717, 1.165) is 16.7 Å². The molecule has 29 heavy (non-hydrogen) atoms. The molecule has 1 aliphatic rings. The summed E-state index contributed by atoms with van der Waals surface area (Å²) in [7, 11) is 0. The van der Waals surface area contributed by atoms with E-state index in [1.807, 2.05) is 31.2 Å². The molecule has 0 saturated carbocycles. The lowest BCUT2D eigenvalue weighted by Gasteiger charge is -2.43. The minimum absolute atomic E-state index is 0.173. The molecule has 0 aromatic heterocycles. The third-order valence-corrected chi connectivity index (χ3v) is 5.69. The number of cyclic esters (lactones) is 1. The molecule has 0 aliphatic carbocycles. The fourth-order valence-electron chi connectivity index (χ4n) is 3.82. The van der Waals surface area contributed by atoms with E-state index in [1.54, 1.807) is 37.0 Å². The van der Waals surface area contributed by atoms with Gasteiger partial charge >= 0.3 is 6.09 Å². The predicted octanol–water partition coefficient (Wildman–Crippen LogP) is 5.43. The zero-order valence-corrected chi connectivity index (χ0v) is 17.2. The highest BCUT2D eigenvalue weighted by molar-refractivity contribution is 5.70. The van der Waals surface area contributed by atoms with Crippen LogP contribution in [0.4, 0.5) is 9.18 Å². The van der Waals surface area contributed by atoms with Crippen LogP contribution >= 0.6 is 0 Å². The fourth-order valence-corrected chi connectivity index (χ4v) is 3.82. The van der Waals surface area contributed by atoms with Gasteiger partial charge < -0.3 is 14.7 Å². The van der Waals surface area contributed by atoms with Crippen LogP contribution in [0.25, 0.3) is 0 Å². The van der Waals surface area contributed by atoms with E-state index in [1.165, 1.54) is 12.1 Å². The second-order valence-electron chi connectivity index (χ2n) is 8.16. The van der Waals surface area contributed by atoms with Crippen LogP contribution in [0, 0.1) is 5.82 Å². The summed E-state index contributed by atoms with van der Waals surface area (Å²) in [5, 5.41) is 10.1. The van der Waals surface area contributed by atoms with Gasteiger partial charge in [-0.3, -0.25) is 0 Å². The van der Waals surface area contributed by atoms with Crippen LogP contribution in [0.3, 0.4) is 0 Å². The molecule has 0 bridgehead atoms. The van der Waals surface area contributed by atoms with Gasteiger partial charge in [-0.15, -0.1) is 6.58 Å². The Bertz CT molecular complexity index is 870. The molecule has 4 nitrogen and oxygen atoms in total. The minimum atomic E-state index is -0.911. The second kappa shape index (κ2) is 7.99. The number of ether oxygens (including phenoxy) is 1. The normalized spacial score (nSPS) is 20.9. The molecule has 1 heterocycles. The molecule has 2 atom stereocenters. The number of halogens is 1. The zero-order chi connectivity index (χ0) is 21.2. The van der Waals surface area contributed by atoms with Crippen LogP contribution in [0.5, 0.6) is 0 Å². The maximum absolute atomic E-state index is 13.3. The molecule has 2 aromatic rings. The number of rotatable bonds is 6. The van der Waals surface area contributed by atoms with Gasteiger partial charge in [-0.05, 0) is 49.6 Å². The van der Waals surface area contributed by atoms with Crippen LogP contribution in [0.1, 0.15) is 56.3 Å². The highest BCUT2D eigenvalue weighted by Crippen LogP contribution is 2.40. The molecule has 0 radical (unpaired) electrons. The summed E-state index contributed by atoms with van der Waals surface area (Å²) in [6.45, 7) is 9.74. The van der Waals surface area contributed by atoms with Gasteiger partial charge in [0.05, 0.1) is 11.6 Å². The Morgan fingerprint density at radius 2 is 1.86 bits per heavy atom. The molecule has 1 saturated heterocycles. The molecule has 1 amide bonds. The van der Waals surface area contributed by atoms with Crippen LogP contribution in [-0.4, -0.2) is 22.6 Å². The minimum Gasteiger partial charge on any atom is -0.437 e. The first-order valence-corrected chi connectivity index (χ1v) is 9.86. The standard InChI is InChI=1S/C24H28FNO3/c1-5-14-24(20-10-12-21(25)13-11-20)15-16-26(22(27)29-24)17(2)18-6-8-19(9-7-18)23(3,4)28/h5-13,17,28H,1,14-16H2,2-4H3. The van der Waals surface area contributed by atoms with E-state index < -0.39 is 17.3 Å². The van der Waals surface area contributed by atoms with Crippen molar-refractivity contribution >= 4 is 6.09 Å². The lowest BCUT2D eigenvalue weighted by molar-refractivity contribution is -0.0589. The molecule has 1 aliphatic heterocycles. The summed E-state index contributed by atoms with van der Waals surface area (Å²) in [5.41, 5.74) is 0.816. The summed E-state index contributed by atoms with van der Waals surface area (Å²) in [4.78, 5) is 14.6. The van der Waals surface area contributed by atoms with Crippen molar-refractivity contribution in [1.29, 1.82) is 0 Å². The quantitative estimate of drug-likeness (QED) is 0.662. The SMILES string of the molecule is C=CCC1(c2ccc(F)cc2)CCN(C(C)c2ccc(C(C)(C)O)cc2)C(=O)O1. The molecule has 2 aromatic carbocycles. The van der Waals surface area contributed by atoms with Gasteiger partial charge in [0.15, 0.2) is 0 Å². The van der Waals surface area contributed by atoms with Crippen molar-refractivity contribution in [3.63, 3.8) is 0 Å². The molecule has 3 rings (SSSR count). The molecular weight excluding hydrogens is 369 g/mol. The summed E-state index contributed by atoms with van der Waals surface area (Å²) >= 11 is 0. The number of amides is 1. The largest absolute Gasteiger partial charge is 0.437 e. The molecule has 1 fully saturated rings. The summed E-state index contributed by atoms with van der Waals surface area (Å²) in [5.74, 6) is -0.325. The topological polar surface area (TPSA) is 49.8 Å². The molecule has 154 valence electrons. The number of aliphatic hydroxyl groups is 1. The van der Waals surface area contributed by atoms with Crippen molar-refractivity contribution in [2.24, 2.45) is 0 Å². The molecule has 2 unspecified atom stereocenters. The van der Waals surface area contributed by atoms with Gasteiger partial charge in [-0.1, -0.05) is 42.5 Å². The summed E-state index contributed by atoms with van der Waals surface area (Å²) in [6, 6.07) is 13.5. The van der Waals surface area contributed by atoms with Crippen molar-refractivity contribution in [3.8, 4) is 0 Å². The van der Waals surface area contributed by atoms with E-state index in [0.29, 0.717) is 19.4 Å².